The van der Waals surface area contributed by atoms with E-state index >= 15 is 0 Å². The Labute approximate surface area is 114 Å². The number of esters is 1. The highest BCUT2D eigenvalue weighted by molar-refractivity contribution is 6.35. The predicted octanol–water partition coefficient (Wildman–Crippen LogP) is 2.12. The quantitative estimate of drug-likeness (QED) is 0.682. The molecule has 1 unspecified atom stereocenters. The van der Waals surface area contributed by atoms with Crippen LogP contribution in [0.5, 0.6) is 0 Å². The van der Waals surface area contributed by atoms with E-state index in [1.165, 1.54) is 25.3 Å². The molecule has 1 amide bonds. The maximum absolute atomic E-state index is 11.7. The molecule has 0 aromatic heterocycles. The van der Waals surface area contributed by atoms with Crippen molar-refractivity contribution in [2.24, 2.45) is 0 Å². The Balaban J connectivity index is 2.82. The predicted molar refractivity (Wildman–Crippen MR) is 67.9 cm³/mol. The Hall–Kier alpha value is -1.30. The number of carbonyl (C=O) groups is 2. The number of anilines is 1. The molecule has 0 heterocycles. The molecule has 5 nitrogen and oxygen atoms in total. The first-order valence-corrected chi connectivity index (χ1v) is 5.61. The van der Waals surface area contributed by atoms with Crippen LogP contribution in [0.25, 0.3) is 0 Å². The van der Waals surface area contributed by atoms with Gasteiger partial charge in [-0.05, 0) is 18.2 Å². The van der Waals surface area contributed by atoms with Crippen molar-refractivity contribution >= 4 is 40.8 Å². The molecule has 0 saturated heterocycles. The molecule has 0 fully saturated rings. The number of benzene rings is 1. The van der Waals surface area contributed by atoms with Crippen molar-refractivity contribution < 1.29 is 19.1 Å². The summed E-state index contributed by atoms with van der Waals surface area (Å²) in [6, 6.07) is 4.51. The summed E-state index contributed by atoms with van der Waals surface area (Å²) in [4.78, 5) is 23.0. The smallest absolute Gasteiger partial charge is 0.344 e. The van der Waals surface area contributed by atoms with Gasteiger partial charge in [0.05, 0.1) is 7.11 Å². The monoisotopic (exact) mass is 291 g/mol. The van der Waals surface area contributed by atoms with Crippen LogP contribution in [-0.2, 0) is 19.1 Å². The SMILES string of the molecule is COC(=O)C(OC)C(=O)Nc1cc(Cl)cc(Cl)c1. The average molecular weight is 292 g/mol. The third-order valence-electron chi connectivity index (χ3n) is 2.02. The molecule has 98 valence electrons. The largest absolute Gasteiger partial charge is 0.467 e. The van der Waals surface area contributed by atoms with Crippen LogP contribution in [0.3, 0.4) is 0 Å². The van der Waals surface area contributed by atoms with Crippen molar-refractivity contribution in [2.75, 3.05) is 19.5 Å². The standard InChI is InChI=1S/C11H11Cl2NO4/c1-17-9(11(16)18-2)10(15)14-8-4-6(12)3-7(13)5-8/h3-5,9H,1-2H3,(H,14,15). The first kappa shape index (κ1) is 14.8. The normalized spacial score (nSPS) is 11.8. The van der Waals surface area contributed by atoms with E-state index in [1.807, 2.05) is 0 Å². The van der Waals surface area contributed by atoms with Gasteiger partial charge < -0.3 is 14.8 Å². The molecule has 0 bridgehead atoms. The Bertz CT molecular complexity index is 444. The van der Waals surface area contributed by atoms with E-state index in [2.05, 4.69) is 10.1 Å². The van der Waals surface area contributed by atoms with Crippen LogP contribution in [0, 0.1) is 0 Å². The topological polar surface area (TPSA) is 64.6 Å². The summed E-state index contributed by atoms with van der Waals surface area (Å²) in [7, 11) is 2.39. The van der Waals surface area contributed by atoms with Crippen molar-refractivity contribution in [3.05, 3.63) is 28.2 Å². The number of halogens is 2. The average Bonchev–Trinajstić information content (AvgIpc) is 2.28. The number of hydrogen-bond donors (Lipinski definition) is 1. The molecule has 0 saturated carbocycles. The molecule has 1 aromatic carbocycles. The van der Waals surface area contributed by atoms with Gasteiger partial charge in [-0.1, -0.05) is 23.2 Å². The summed E-state index contributed by atoms with van der Waals surface area (Å²) in [5.41, 5.74) is 0.364. The molecule has 1 N–H and O–H groups in total. The van der Waals surface area contributed by atoms with Crippen LogP contribution in [0.4, 0.5) is 5.69 Å². The van der Waals surface area contributed by atoms with Crippen molar-refractivity contribution in [3.8, 4) is 0 Å². The van der Waals surface area contributed by atoms with E-state index in [9.17, 15) is 9.59 Å². The fourth-order valence-electron chi connectivity index (χ4n) is 1.25. The first-order chi connectivity index (χ1) is 8.47. The number of carbonyl (C=O) groups excluding carboxylic acids is 2. The highest BCUT2D eigenvalue weighted by atomic mass is 35.5. The second-order valence-electron chi connectivity index (χ2n) is 3.29. The summed E-state index contributed by atoms with van der Waals surface area (Å²) < 4.78 is 9.18. The molecule has 1 aromatic rings. The summed E-state index contributed by atoms with van der Waals surface area (Å²) in [6.45, 7) is 0. The van der Waals surface area contributed by atoms with Crippen molar-refractivity contribution in [3.63, 3.8) is 0 Å². The summed E-state index contributed by atoms with van der Waals surface area (Å²) in [5.74, 6) is -1.45. The number of amides is 1. The highest BCUT2D eigenvalue weighted by Crippen LogP contribution is 2.22. The summed E-state index contributed by atoms with van der Waals surface area (Å²) in [6.07, 6.45) is -1.34. The fraction of sp³-hybridized carbons (Fsp3) is 0.273. The zero-order valence-electron chi connectivity index (χ0n) is 9.70. The second kappa shape index (κ2) is 6.58. The van der Waals surface area contributed by atoms with Gasteiger partial charge in [-0.3, -0.25) is 4.79 Å². The zero-order chi connectivity index (χ0) is 13.7. The maximum Gasteiger partial charge on any atom is 0.344 e. The molecule has 1 rings (SSSR count). The van der Waals surface area contributed by atoms with Gasteiger partial charge in [0.15, 0.2) is 0 Å². The van der Waals surface area contributed by atoms with Crippen molar-refractivity contribution in [1.82, 2.24) is 0 Å². The molecule has 0 radical (unpaired) electrons. The lowest BCUT2D eigenvalue weighted by Crippen LogP contribution is -2.37. The molecule has 0 spiro atoms. The molecule has 7 heteroatoms. The van der Waals surface area contributed by atoms with Gasteiger partial charge in [-0.2, -0.15) is 0 Å². The number of ether oxygens (including phenoxy) is 2. The number of methoxy groups -OCH3 is 2. The zero-order valence-corrected chi connectivity index (χ0v) is 11.2. The molecular formula is C11H11Cl2NO4. The molecule has 0 aliphatic rings. The minimum absolute atomic E-state index is 0.364. The summed E-state index contributed by atoms with van der Waals surface area (Å²) in [5, 5.41) is 3.19. The Morgan fingerprint density at radius 1 is 1.17 bits per heavy atom. The third kappa shape index (κ3) is 3.87. The third-order valence-corrected chi connectivity index (χ3v) is 2.46. The summed E-state index contributed by atoms with van der Waals surface area (Å²) >= 11 is 11.6. The molecule has 1 atom stereocenters. The lowest BCUT2D eigenvalue weighted by atomic mass is 10.3. The number of hydrogen-bond acceptors (Lipinski definition) is 4. The second-order valence-corrected chi connectivity index (χ2v) is 4.16. The van der Waals surface area contributed by atoms with Gasteiger partial charge in [-0.25, -0.2) is 4.79 Å². The Kier molecular flexibility index (Phi) is 5.40. The number of rotatable bonds is 4. The highest BCUT2D eigenvalue weighted by Gasteiger charge is 2.27. The van der Waals surface area contributed by atoms with Crippen LogP contribution in [0.15, 0.2) is 18.2 Å². The fourth-order valence-corrected chi connectivity index (χ4v) is 1.78. The maximum atomic E-state index is 11.7. The molecule has 18 heavy (non-hydrogen) atoms. The lowest BCUT2D eigenvalue weighted by Gasteiger charge is -2.13. The van der Waals surface area contributed by atoms with Gasteiger partial charge in [0.1, 0.15) is 0 Å². The van der Waals surface area contributed by atoms with Crippen LogP contribution < -0.4 is 5.32 Å². The molecule has 0 aliphatic carbocycles. The van der Waals surface area contributed by atoms with Crippen molar-refractivity contribution in [1.29, 1.82) is 0 Å². The minimum atomic E-state index is -1.34. The van der Waals surface area contributed by atoms with Gasteiger partial charge >= 0.3 is 5.97 Å². The first-order valence-electron chi connectivity index (χ1n) is 4.85. The van der Waals surface area contributed by atoms with E-state index in [1.54, 1.807) is 0 Å². The lowest BCUT2D eigenvalue weighted by molar-refractivity contribution is -0.156. The van der Waals surface area contributed by atoms with E-state index in [-0.39, 0.29) is 0 Å². The van der Waals surface area contributed by atoms with Crippen LogP contribution in [0.1, 0.15) is 0 Å². The van der Waals surface area contributed by atoms with E-state index in [0.717, 1.165) is 7.11 Å². The van der Waals surface area contributed by atoms with Crippen LogP contribution in [0.2, 0.25) is 10.0 Å². The Morgan fingerprint density at radius 3 is 2.17 bits per heavy atom. The van der Waals surface area contributed by atoms with E-state index in [4.69, 9.17) is 27.9 Å². The van der Waals surface area contributed by atoms with Gasteiger partial charge in [0.2, 0.25) is 6.10 Å². The van der Waals surface area contributed by atoms with Gasteiger partial charge in [-0.15, -0.1) is 0 Å². The van der Waals surface area contributed by atoms with Gasteiger partial charge in [0.25, 0.3) is 5.91 Å². The van der Waals surface area contributed by atoms with Crippen LogP contribution >= 0.6 is 23.2 Å². The van der Waals surface area contributed by atoms with Crippen molar-refractivity contribution in [2.45, 2.75) is 6.10 Å². The Morgan fingerprint density at radius 2 is 1.72 bits per heavy atom. The van der Waals surface area contributed by atoms with E-state index in [0.29, 0.717) is 15.7 Å². The molecular weight excluding hydrogens is 281 g/mol. The van der Waals surface area contributed by atoms with Crippen LogP contribution in [-0.4, -0.2) is 32.2 Å². The van der Waals surface area contributed by atoms with Gasteiger partial charge in [0, 0.05) is 22.8 Å². The van der Waals surface area contributed by atoms with E-state index < -0.39 is 18.0 Å². The molecule has 0 aliphatic heterocycles. The number of nitrogens with one attached hydrogen (secondary N) is 1. The minimum Gasteiger partial charge on any atom is -0.467 e.